The molecule has 8 aromatic carbocycles. The third-order valence-electron chi connectivity index (χ3n) is 9.91. The first-order chi connectivity index (χ1) is 24.8. The fraction of sp³-hybridized carbons (Fsp3) is 0. The van der Waals surface area contributed by atoms with Crippen LogP contribution in [-0.4, -0.2) is 4.98 Å². The normalized spacial score (nSPS) is 11.6. The molecule has 2 aromatic heterocycles. The Kier molecular flexibility index (Phi) is 6.71. The van der Waals surface area contributed by atoms with E-state index in [1.807, 2.05) is 12.3 Å². The Balaban J connectivity index is 1.12. The van der Waals surface area contributed by atoms with Gasteiger partial charge in [0.1, 0.15) is 4.83 Å². The maximum atomic E-state index is 4.65. The van der Waals surface area contributed by atoms with Crippen molar-refractivity contribution in [3.05, 3.63) is 182 Å². The Labute approximate surface area is 294 Å². The van der Waals surface area contributed by atoms with Crippen LogP contribution in [0, 0.1) is 0 Å². The lowest BCUT2D eigenvalue weighted by Crippen LogP contribution is -2.09. The van der Waals surface area contributed by atoms with Crippen molar-refractivity contribution in [1.29, 1.82) is 0 Å². The first-order valence-electron chi connectivity index (χ1n) is 17.0. The van der Waals surface area contributed by atoms with E-state index in [1.165, 1.54) is 70.0 Å². The summed E-state index contributed by atoms with van der Waals surface area (Å²) < 4.78 is 1.23. The smallest absolute Gasteiger partial charge is 0.124 e. The molecule has 10 rings (SSSR count). The van der Waals surface area contributed by atoms with E-state index in [1.54, 1.807) is 11.3 Å². The number of hydrogen-bond acceptors (Lipinski definition) is 3. The van der Waals surface area contributed by atoms with Gasteiger partial charge in [0.25, 0.3) is 0 Å². The van der Waals surface area contributed by atoms with Crippen molar-refractivity contribution >= 4 is 81.0 Å². The van der Waals surface area contributed by atoms with Gasteiger partial charge in [-0.1, -0.05) is 121 Å². The second-order valence-corrected chi connectivity index (χ2v) is 13.8. The lowest BCUT2D eigenvalue weighted by Gasteiger charge is -2.26. The van der Waals surface area contributed by atoms with Crippen LogP contribution in [0.2, 0.25) is 0 Å². The molecule has 0 atom stereocenters. The molecule has 0 bridgehead atoms. The highest BCUT2D eigenvalue weighted by Gasteiger charge is 2.17. The van der Waals surface area contributed by atoms with Gasteiger partial charge in [-0.05, 0) is 109 Å². The van der Waals surface area contributed by atoms with Crippen molar-refractivity contribution in [3.63, 3.8) is 0 Å². The number of hydrogen-bond donors (Lipinski definition) is 0. The Morgan fingerprint density at radius 1 is 0.400 bits per heavy atom. The minimum Gasteiger partial charge on any atom is -0.310 e. The topological polar surface area (TPSA) is 16.1 Å². The van der Waals surface area contributed by atoms with Gasteiger partial charge in [-0.15, -0.1) is 11.3 Å². The van der Waals surface area contributed by atoms with E-state index in [4.69, 9.17) is 0 Å². The molecule has 0 aliphatic rings. The molecule has 0 fully saturated rings. The van der Waals surface area contributed by atoms with Gasteiger partial charge in [-0.25, -0.2) is 4.98 Å². The minimum absolute atomic E-state index is 1.07. The Morgan fingerprint density at radius 3 is 1.78 bits per heavy atom. The van der Waals surface area contributed by atoms with Crippen LogP contribution in [0.5, 0.6) is 0 Å². The van der Waals surface area contributed by atoms with E-state index in [0.717, 1.165) is 21.9 Å². The van der Waals surface area contributed by atoms with Crippen LogP contribution in [0.4, 0.5) is 17.1 Å². The van der Waals surface area contributed by atoms with E-state index in [0.29, 0.717) is 0 Å². The van der Waals surface area contributed by atoms with Crippen LogP contribution in [0.1, 0.15) is 0 Å². The molecule has 0 unspecified atom stereocenters. The second-order valence-electron chi connectivity index (χ2n) is 12.8. The Bertz CT molecular complexity index is 2840. The third kappa shape index (κ3) is 4.74. The summed E-state index contributed by atoms with van der Waals surface area (Å²) in [7, 11) is 0. The number of anilines is 3. The van der Waals surface area contributed by atoms with E-state index in [-0.39, 0.29) is 0 Å². The average molecular weight is 655 g/mol. The zero-order valence-corrected chi connectivity index (χ0v) is 27.9. The number of benzene rings is 8. The monoisotopic (exact) mass is 654 g/mol. The zero-order chi connectivity index (χ0) is 33.0. The van der Waals surface area contributed by atoms with Crippen LogP contribution >= 0.6 is 11.3 Å². The molecular weight excluding hydrogens is 625 g/mol. The van der Waals surface area contributed by atoms with Crippen LogP contribution in [0.15, 0.2) is 182 Å². The number of rotatable bonds is 5. The summed E-state index contributed by atoms with van der Waals surface area (Å²) in [6.07, 6.45) is 1.88. The molecule has 0 spiro atoms. The van der Waals surface area contributed by atoms with Gasteiger partial charge in [0.05, 0.1) is 0 Å². The molecule has 2 nitrogen and oxygen atoms in total. The van der Waals surface area contributed by atoms with E-state index in [9.17, 15) is 0 Å². The Morgan fingerprint density at radius 2 is 1.00 bits per heavy atom. The molecule has 0 radical (unpaired) electrons. The fourth-order valence-corrected chi connectivity index (χ4v) is 8.60. The maximum absolute atomic E-state index is 4.65. The molecule has 50 heavy (non-hydrogen) atoms. The van der Waals surface area contributed by atoms with E-state index in [2.05, 4.69) is 180 Å². The number of fused-ring (bicyclic) bond motifs is 8. The number of aromatic nitrogens is 1. The summed E-state index contributed by atoms with van der Waals surface area (Å²) in [4.78, 5) is 8.08. The molecule has 3 heteroatoms. The van der Waals surface area contributed by atoms with E-state index < -0.39 is 0 Å². The number of nitrogens with zero attached hydrogens (tertiary/aromatic N) is 2. The van der Waals surface area contributed by atoms with Gasteiger partial charge in [-0.2, -0.15) is 0 Å². The van der Waals surface area contributed by atoms with Crippen LogP contribution in [-0.2, 0) is 0 Å². The molecule has 0 aliphatic heterocycles. The maximum Gasteiger partial charge on any atom is 0.124 e. The molecule has 0 amide bonds. The highest BCUT2D eigenvalue weighted by Crippen LogP contribution is 2.43. The number of thiophene rings is 1. The molecule has 2 heterocycles. The molecular formula is C47H30N2S. The van der Waals surface area contributed by atoms with Gasteiger partial charge >= 0.3 is 0 Å². The third-order valence-corrected chi connectivity index (χ3v) is 11.0. The van der Waals surface area contributed by atoms with Gasteiger partial charge in [0.15, 0.2) is 0 Å². The summed E-state index contributed by atoms with van der Waals surface area (Å²) in [5.74, 6) is 0. The largest absolute Gasteiger partial charge is 0.310 e. The van der Waals surface area contributed by atoms with Gasteiger partial charge in [0, 0.05) is 38.7 Å². The molecule has 234 valence electrons. The predicted molar refractivity (Wildman–Crippen MR) is 215 cm³/mol. The highest BCUT2D eigenvalue weighted by molar-refractivity contribution is 7.25. The van der Waals surface area contributed by atoms with Crippen molar-refractivity contribution in [2.75, 3.05) is 4.90 Å². The highest BCUT2D eigenvalue weighted by atomic mass is 32.1. The first kappa shape index (κ1) is 28.7. The van der Waals surface area contributed by atoms with Gasteiger partial charge < -0.3 is 4.90 Å². The molecule has 0 aliphatic carbocycles. The summed E-state index contributed by atoms with van der Waals surface area (Å²) >= 11 is 1.75. The van der Waals surface area contributed by atoms with Crippen LogP contribution in [0.25, 0.3) is 74.9 Å². The first-order valence-corrected chi connectivity index (χ1v) is 17.8. The predicted octanol–water partition coefficient (Wildman–Crippen LogP) is 13.7. The minimum atomic E-state index is 1.07. The standard InChI is InChI=1S/C47H30N2S/c1-2-9-31(10-3-1)32-16-21-36(22-17-32)49(38-25-27-41-43-15-8-28-48-47(43)50-45(41)30-38)37-23-18-34(19-24-37)44-29-35-12-5-7-14-40(35)46-39-13-6-4-11-33(39)20-26-42(44)46/h1-30H. The SMILES string of the molecule is c1ccc(-c2ccc(N(c3ccc(-c4cc5ccccc5c5c4ccc4ccccc45)cc3)c3ccc4c(c3)sc3ncccc34)cc2)cc1. The van der Waals surface area contributed by atoms with Crippen molar-refractivity contribution < 1.29 is 0 Å². The zero-order valence-electron chi connectivity index (χ0n) is 27.1. The summed E-state index contributed by atoms with van der Waals surface area (Å²) in [6.45, 7) is 0. The molecule has 0 saturated carbocycles. The summed E-state index contributed by atoms with van der Waals surface area (Å²) in [5.41, 5.74) is 8.19. The van der Waals surface area contributed by atoms with Crippen molar-refractivity contribution in [1.82, 2.24) is 4.98 Å². The van der Waals surface area contributed by atoms with Crippen LogP contribution in [0.3, 0.4) is 0 Å². The lowest BCUT2D eigenvalue weighted by molar-refractivity contribution is 1.29. The van der Waals surface area contributed by atoms with Gasteiger partial charge in [-0.3, -0.25) is 0 Å². The van der Waals surface area contributed by atoms with Crippen molar-refractivity contribution in [2.45, 2.75) is 0 Å². The average Bonchev–Trinajstić information content (AvgIpc) is 3.56. The lowest BCUT2D eigenvalue weighted by atomic mass is 9.90. The molecule has 0 N–H and O–H groups in total. The summed E-state index contributed by atoms with van der Waals surface area (Å²) in [5, 5.41) is 10.1. The van der Waals surface area contributed by atoms with Crippen molar-refractivity contribution in [3.8, 4) is 22.3 Å². The van der Waals surface area contributed by atoms with E-state index >= 15 is 0 Å². The van der Waals surface area contributed by atoms with Crippen LogP contribution < -0.4 is 4.90 Å². The molecule has 0 saturated heterocycles. The summed E-state index contributed by atoms with van der Waals surface area (Å²) in [6, 6.07) is 63.9. The quantitative estimate of drug-likeness (QED) is 0.172. The van der Waals surface area contributed by atoms with Crippen molar-refractivity contribution in [2.24, 2.45) is 0 Å². The van der Waals surface area contributed by atoms with Gasteiger partial charge in [0.2, 0.25) is 0 Å². The Hall–Kier alpha value is -6.29. The molecule has 10 aromatic rings. The fourth-order valence-electron chi connectivity index (χ4n) is 7.52. The number of pyridine rings is 1. The second kappa shape index (κ2) is 11.7.